The monoisotopic (exact) mass is 452 g/mol. The molecule has 0 spiro atoms. The number of hydrogen-bond donors (Lipinski definition) is 1. The Balaban J connectivity index is 1.41. The highest BCUT2D eigenvalue weighted by molar-refractivity contribution is 5.92. The van der Waals surface area contributed by atoms with Gasteiger partial charge in [0.2, 0.25) is 11.8 Å². The van der Waals surface area contributed by atoms with Crippen molar-refractivity contribution in [2.75, 3.05) is 36.4 Å². The molecule has 2 atom stereocenters. The predicted molar refractivity (Wildman–Crippen MR) is 129 cm³/mol. The summed E-state index contributed by atoms with van der Waals surface area (Å²) in [5.74, 6) is 0.624. The number of allylic oxidation sites excluding steroid dienone is 3. The number of amides is 1. The van der Waals surface area contributed by atoms with Crippen LogP contribution < -0.4 is 10.2 Å². The second-order valence-corrected chi connectivity index (χ2v) is 8.72. The minimum Gasteiger partial charge on any atom is -0.447 e. The van der Waals surface area contributed by atoms with Gasteiger partial charge in [-0.15, -0.1) is 0 Å². The van der Waals surface area contributed by atoms with E-state index < -0.39 is 0 Å². The highest BCUT2D eigenvalue weighted by Gasteiger charge is 2.33. The van der Waals surface area contributed by atoms with E-state index in [1.54, 1.807) is 24.6 Å². The van der Waals surface area contributed by atoms with E-state index in [2.05, 4.69) is 44.4 Å². The molecule has 176 valence electrons. The number of nitrogens with zero attached hydrogens (tertiary/aromatic N) is 3. The average Bonchev–Trinajstić information content (AvgIpc) is 3.36. The van der Waals surface area contributed by atoms with Crippen molar-refractivity contribution in [3.8, 4) is 0 Å². The number of carbonyl (C=O) groups is 1. The van der Waals surface area contributed by atoms with E-state index in [1.165, 1.54) is 6.07 Å². The fraction of sp³-hybridized carbons (Fsp3) is 0.462. The van der Waals surface area contributed by atoms with Gasteiger partial charge in [-0.2, -0.15) is 0 Å². The van der Waals surface area contributed by atoms with Gasteiger partial charge in [0.1, 0.15) is 12.1 Å². The summed E-state index contributed by atoms with van der Waals surface area (Å²) >= 11 is 0. The molecule has 1 aromatic carbocycles. The van der Waals surface area contributed by atoms with Crippen LogP contribution in [0.4, 0.5) is 15.8 Å². The number of anilines is 2. The first-order valence-corrected chi connectivity index (χ1v) is 11.9. The van der Waals surface area contributed by atoms with Crippen LogP contribution >= 0.6 is 0 Å². The molecule has 0 radical (unpaired) electrons. The van der Waals surface area contributed by atoms with Gasteiger partial charge in [0, 0.05) is 43.7 Å². The molecule has 0 bridgehead atoms. The third-order valence-corrected chi connectivity index (χ3v) is 6.74. The van der Waals surface area contributed by atoms with Crippen molar-refractivity contribution in [2.45, 2.75) is 39.2 Å². The zero-order valence-electron chi connectivity index (χ0n) is 19.4. The normalized spacial score (nSPS) is 19.8. The minimum atomic E-state index is -0.310. The molecule has 6 nitrogen and oxygen atoms in total. The maximum absolute atomic E-state index is 15.0. The van der Waals surface area contributed by atoms with Gasteiger partial charge in [-0.05, 0) is 37.5 Å². The third kappa shape index (κ3) is 5.36. The molecule has 1 fully saturated rings. The second kappa shape index (κ2) is 10.8. The highest BCUT2D eigenvalue weighted by Crippen LogP contribution is 2.34. The van der Waals surface area contributed by atoms with Crippen molar-refractivity contribution in [1.29, 1.82) is 0 Å². The van der Waals surface area contributed by atoms with Gasteiger partial charge in [0.15, 0.2) is 0 Å². The summed E-state index contributed by atoms with van der Waals surface area (Å²) in [5, 5.41) is 2.85. The van der Waals surface area contributed by atoms with Crippen LogP contribution in [0.15, 0.2) is 59.4 Å². The Kier molecular flexibility index (Phi) is 7.60. The van der Waals surface area contributed by atoms with Gasteiger partial charge in [0.25, 0.3) is 0 Å². The molecular weight excluding hydrogens is 419 g/mol. The van der Waals surface area contributed by atoms with Gasteiger partial charge >= 0.3 is 0 Å². The van der Waals surface area contributed by atoms with E-state index in [1.807, 2.05) is 13.8 Å². The molecule has 4 rings (SSSR count). The van der Waals surface area contributed by atoms with Crippen LogP contribution in [0.1, 0.15) is 45.0 Å². The number of nitrogens with one attached hydrogen (secondary N) is 1. The molecule has 1 amide bonds. The van der Waals surface area contributed by atoms with Crippen molar-refractivity contribution < 1.29 is 13.6 Å². The van der Waals surface area contributed by atoms with Gasteiger partial charge in [-0.25, -0.2) is 9.37 Å². The summed E-state index contributed by atoms with van der Waals surface area (Å²) in [4.78, 5) is 21.2. The molecule has 1 aliphatic carbocycles. The standard InChI is InChI=1S/C26H33FN4O2/c1-3-19(4-2)25(32)29-21-10-11-23(22(27)18-21)30-13-15-31(16-14-30)24(26-28-12-17-33-26)20-8-6-5-7-9-20/h5-8,10-12,17-20,24H,3-4,9,13-16H2,1-2H3,(H,29,32)/t20?,24-/m0/s1. The Bertz CT molecular complexity index is 976. The second-order valence-electron chi connectivity index (χ2n) is 8.72. The van der Waals surface area contributed by atoms with Crippen LogP contribution in [-0.4, -0.2) is 42.0 Å². The van der Waals surface area contributed by atoms with Crippen LogP contribution in [0.2, 0.25) is 0 Å². The molecule has 1 aromatic heterocycles. The van der Waals surface area contributed by atoms with Crippen molar-refractivity contribution in [3.63, 3.8) is 0 Å². The van der Waals surface area contributed by atoms with Crippen molar-refractivity contribution in [1.82, 2.24) is 9.88 Å². The Morgan fingerprint density at radius 1 is 1.21 bits per heavy atom. The zero-order valence-corrected chi connectivity index (χ0v) is 19.4. The van der Waals surface area contributed by atoms with E-state index in [4.69, 9.17) is 4.42 Å². The number of piperazine rings is 1. The summed E-state index contributed by atoms with van der Waals surface area (Å²) in [5.41, 5.74) is 1.08. The highest BCUT2D eigenvalue weighted by atomic mass is 19.1. The Labute approximate surface area is 195 Å². The van der Waals surface area contributed by atoms with Gasteiger partial charge in [-0.1, -0.05) is 38.2 Å². The first-order chi connectivity index (χ1) is 16.1. The zero-order chi connectivity index (χ0) is 23.2. The largest absolute Gasteiger partial charge is 0.447 e. The number of oxazole rings is 1. The summed E-state index contributed by atoms with van der Waals surface area (Å²) < 4.78 is 20.7. The average molecular weight is 453 g/mol. The molecule has 1 N–H and O–H groups in total. The first-order valence-electron chi connectivity index (χ1n) is 11.9. The van der Waals surface area contributed by atoms with E-state index in [0.717, 1.165) is 38.2 Å². The lowest BCUT2D eigenvalue weighted by atomic mass is 9.91. The Morgan fingerprint density at radius 3 is 2.61 bits per heavy atom. The summed E-state index contributed by atoms with van der Waals surface area (Å²) in [6.07, 6.45) is 14.4. The third-order valence-electron chi connectivity index (χ3n) is 6.74. The molecule has 2 heterocycles. The van der Waals surface area contributed by atoms with Crippen LogP contribution in [0.5, 0.6) is 0 Å². The lowest BCUT2D eigenvalue weighted by Crippen LogP contribution is -2.49. The molecule has 1 unspecified atom stereocenters. The summed E-state index contributed by atoms with van der Waals surface area (Å²) in [6.45, 7) is 6.97. The number of aromatic nitrogens is 1. The number of halogens is 1. The fourth-order valence-electron chi connectivity index (χ4n) is 4.81. The van der Waals surface area contributed by atoms with Gasteiger partial charge < -0.3 is 14.6 Å². The topological polar surface area (TPSA) is 61.6 Å². The van der Waals surface area contributed by atoms with E-state index >= 15 is 0 Å². The Hall–Kier alpha value is -2.93. The van der Waals surface area contributed by atoms with E-state index in [0.29, 0.717) is 30.4 Å². The van der Waals surface area contributed by atoms with Crippen molar-refractivity contribution in [2.24, 2.45) is 11.8 Å². The molecule has 2 aromatic rings. The molecule has 2 aliphatic rings. The smallest absolute Gasteiger partial charge is 0.227 e. The van der Waals surface area contributed by atoms with E-state index in [-0.39, 0.29) is 23.7 Å². The summed E-state index contributed by atoms with van der Waals surface area (Å²) in [6, 6.07) is 5.06. The Morgan fingerprint density at radius 2 is 2.00 bits per heavy atom. The summed E-state index contributed by atoms with van der Waals surface area (Å²) in [7, 11) is 0. The lowest BCUT2D eigenvalue weighted by molar-refractivity contribution is -0.120. The molecule has 33 heavy (non-hydrogen) atoms. The van der Waals surface area contributed by atoms with Crippen LogP contribution in [0, 0.1) is 17.7 Å². The molecule has 7 heteroatoms. The number of hydrogen-bond acceptors (Lipinski definition) is 5. The van der Waals surface area contributed by atoms with Gasteiger partial charge in [-0.3, -0.25) is 9.69 Å². The molecule has 1 aliphatic heterocycles. The maximum atomic E-state index is 15.0. The number of rotatable bonds is 8. The molecule has 1 saturated heterocycles. The van der Waals surface area contributed by atoms with Crippen molar-refractivity contribution in [3.05, 3.63) is 66.7 Å². The number of benzene rings is 1. The predicted octanol–water partition coefficient (Wildman–Crippen LogP) is 5.18. The van der Waals surface area contributed by atoms with Crippen molar-refractivity contribution >= 4 is 17.3 Å². The van der Waals surface area contributed by atoms with Crippen LogP contribution in [0.25, 0.3) is 0 Å². The van der Waals surface area contributed by atoms with Crippen LogP contribution in [-0.2, 0) is 4.79 Å². The lowest BCUT2D eigenvalue weighted by Gasteiger charge is -2.41. The van der Waals surface area contributed by atoms with Gasteiger partial charge in [0.05, 0.1) is 17.9 Å². The first kappa shape index (κ1) is 23.2. The molecule has 0 saturated carbocycles. The van der Waals surface area contributed by atoms with Crippen LogP contribution in [0.3, 0.4) is 0 Å². The fourth-order valence-corrected chi connectivity index (χ4v) is 4.81. The van der Waals surface area contributed by atoms with E-state index in [9.17, 15) is 9.18 Å². The quantitative estimate of drug-likeness (QED) is 0.598. The maximum Gasteiger partial charge on any atom is 0.227 e. The minimum absolute atomic E-state index is 0.0492. The number of carbonyl (C=O) groups excluding carboxylic acids is 1. The SMILES string of the molecule is CCC(CC)C(=O)Nc1ccc(N2CCN([C@H](c3ncco3)C3C=CC=CC3)CC2)c(F)c1. The molecular formula is C26H33FN4O2.